The second-order valence-electron chi connectivity index (χ2n) is 10.7. The molecule has 0 radical (unpaired) electrons. The first-order chi connectivity index (χ1) is 23.4. The van der Waals surface area contributed by atoms with Gasteiger partial charge in [0.15, 0.2) is 0 Å². The zero-order chi connectivity index (χ0) is 39.3. The van der Waals surface area contributed by atoms with Gasteiger partial charge in [0.1, 0.15) is 9.79 Å². The molecule has 5 rings (SSSR count). The number of aromatic nitrogens is 2. The highest BCUT2D eigenvalue weighted by Crippen LogP contribution is 2.47. The molecule has 12 nitrogen and oxygen atoms in total. The van der Waals surface area contributed by atoms with Gasteiger partial charge >= 0.3 is 44.9 Å². The van der Waals surface area contributed by atoms with E-state index < -0.39 is 148 Å². The van der Waals surface area contributed by atoms with Crippen LogP contribution in [0.1, 0.15) is 44.5 Å². The standard InChI is InChI=1S/C26H14F12N2O10S2/c27-23(28,29)9-1-10(24(30,31)32)4-13(3-9)51(45,46)49-39-19(41)15-7-17-18(8-16(15)20(39)42)22(44)40(21(17)43)50-52(47,48)14-5-11(25(33,34)35)2-12(6-14)26(36,37)38/h1-6,41-44H,7-8H2. The summed E-state index contributed by atoms with van der Waals surface area (Å²) in [5.74, 6) is -5.63. The lowest BCUT2D eigenvalue weighted by Crippen LogP contribution is -2.22. The number of aromatic hydroxyl groups is 4. The number of hydrogen-bond acceptors (Lipinski definition) is 10. The maximum absolute atomic E-state index is 13.3. The molecule has 0 aliphatic heterocycles. The highest BCUT2D eigenvalue weighted by molar-refractivity contribution is 7.87. The molecule has 52 heavy (non-hydrogen) atoms. The third kappa shape index (κ3) is 6.78. The fourth-order valence-electron chi connectivity index (χ4n) is 4.89. The van der Waals surface area contributed by atoms with E-state index in [-0.39, 0.29) is 33.7 Å². The van der Waals surface area contributed by atoms with Crippen molar-refractivity contribution in [1.82, 2.24) is 9.46 Å². The minimum absolute atomic E-state index is 0.246. The van der Waals surface area contributed by atoms with Crippen molar-refractivity contribution in [2.24, 2.45) is 0 Å². The third-order valence-electron chi connectivity index (χ3n) is 7.33. The van der Waals surface area contributed by atoms with Crippen LogP contribution in [0, 0.1) is 0 Å². The molecule has 4 aromatic rings. The Kier molecular flexibility index (Phi) is 8.56. The Balaban J connectivity index is 1.51. The summed E-state index contributed by atoms with van der Waals surface area (Å²) in [5.41, 5.74) is -10.7. The van der Waals surface area contributed by atoms with E-state index >= 15 is 0 Å². The number of halogens is 12. The zero-order valence-corrected chi connectivity index (χ0v) is 26.0. The minimum atomic E-state index is -5.76. The molecule has 2 heterocycles. The quantitative estimate of drug-likeness (QED) is 0.164. The lowest BCUT2D eigenvalue weighted by Gasteiger charge is -2.15. The smallest absolute Gasteiger partial charge is 0.416 e. The van der Waals surface area contributed by atoms with Crippen molar-refractivity contribution in [1.29, 1.82) is 0 Å². The SMILES string of the molecule is O=S(=O)(On1c(O)c2c(c1O)Cc1c(c(O)n(OS(=O)(=O)c3cc(C(F)(F)F)cc(C(F)(F)F)c3)c1O)C2)c1cc(C(F)(F)F)cc(C(F)(F)F)c1. The molecule has 0 amide bonds. The predicted octanol–water partition coefficient (Wildman–Crippen LogP) is 5.32. The summed E-state index contributed by atoms with van der Waals surface area (Å²) in [6, 6.07) is -1.79. The largest absolute Gasteiger partial charge is 0.492 e. The second kappa shape index (κ2) is 11.7. The molecule has 0 unspecified atom stereocenters. The van der Waals surface area contributed by atoms with E-state index in [4.69, 9.17) is 0 Å². The third-order valence-corrected chi connectivity index (χ3v) is 9.65. The molecule has 0 fully saturated rings. The van der Waals surface area contributed by atoms with E-state index in [0.717, 1.165) is 0 Å². The molecule has 26 heteroatoms. The van der Waals surface area contributed by atoms with Crippen molar-refractivity contribution < 1.29 is 98.5 Å². The van der Waals surface area contributed by atoms with E-state index in [1.54, 1.807) is 0 Å². The molecule has 0 saturated carbocycles. The van der Waals surface area contributed by atoms with Crippen LogP contribution in [-0.2, 0) is 57.8 Å². The highest BCUT2D eigenvalue weighted by atomic mass is 32.2. The van der Waals surface area contributed by atoms with Gasteiger partial charge < -0.3 is 20.4 Å². The second-order valence-corrected chi connectivity index (χ2v) is 13.7. The van der Waals surface area contributed by atoms with Gasteiger partial charge in [-0.3, -0.25) is 8.57 Å². The van der Waals surface area contributed by atoms with Crippen LogP contribution in [-0.4, -0.2) is 46.7 Å². The van der Waals surface area contributed by atoms with Crippen molar-refractivity contribution in [3.8, 4) is 23.5 Å². The number of benzene rings is 2. The summed E-state index contributed by atoms with van der Waals surface area (Å²) in [6.45, 7) is 0. The first-order valence-electron chi connectivity index (χ1n) is 13.2. The Morgan fingerprint density at radius 3 is 0.846 bits per heavy atom. The van der Waals surface area contributed by atoms with Crippen molar-refractivity contribution in [3.05, 3.63) is 80.9 Å². The Hall–Kier alpha value is -5.14. The van der Waals surface area contributed by atoms with Gasteiger partial charge in [0.25, 0.3) is 0 Å². The number of fused-ring (bicyclic) bond motifs is 2. The molecular formula is C26H14F12N2O10S2. The summed E-state index contributed by atoms with van der Waals surface area (Å²) in [7, 11) is -11.5. The monoisotopic (exact) mass is 806 g/mol. The van der Waals surface area contributed by atoms with Gasteiger partial charge in [0.05, 0.1) is 22.3 Å². The van der Waals surface area contributed by atoms with Gasteiger partial charge in [-0.1, -0.05) is 9.46 Å². The number of alkyl halides is 12. The van der Waals surface area contributed by atoms with Crippen LogP contribution < -0.4 is 8.57 Å². The molecule has 2 aromatic heterocycles. The fourth-order valence-corrected chi connectivity index (χ4v) is 6.82. The molecule has 1 aliphatic carbocycles. The molecule has 0 atom stereocenters. The molecule has 2 aromatic carbocycles. The van der Waals surface area contributed by atoms with Crippen LogP contribution in [0.2, 0.25) is 0 Å². The average molecular weight is 807 g/mol. The van der Waals surface area contributed by atoms with Crippen LogP contribution in [0.15, 0.2) is 46.2 Å². The number of hydrogen-bond donors (Lipinski definition) is 4. The van der Waals surface area contributed by atoms with Crippen LogP contribution in [0.25, 0.3) is 0 Å². The van der Waals surface area contributed by atoms with E-state index in [2.05, 4.69) is 8.57 Å². The maximum atomic E-state index is 13.3. The average Bonchev–Trinajstić information content (AvgIpc) is 3.37. The molecule has 284 valence electrons. The van der Waals surface area contributed by atoms with Crippen molar-refractivity contribution in [2.75, 3.05) is 0 Å². The van der Waals surface area contributed by atoms with Crippen molar-refractivity contribution in [3.63, 3.8) is 0 Å². The summed E-state index contributed by atoms with van der Waals surface area (Å²) in [4.78, 5) is -3.48. The molecule has 4 N–H and O–H groups in total. The van der Waals surface area contributed by atoms with Gasteiger partial charge in [0.2, 0.25) is 23.5 Å². The van der Waals surface area contributed by atoms with E-state index in [0.29, 0.717) is 0 Å². The topological polar surface area (TPSA) is 178 Å². The molecule has 0 saturated heterocycles. The van der Waals surface area contributed by atoms with Crippen LogP contribution in [0.4, 0.5) is 52.7 Å². The first-order valence-corrected chi connectivity index (χ1v) is 16.0. The molecule has 0 spiro atoms. The maximum Gasteiger partial charge on any atom is 0.416 e. The normalized spacial score (nSPS) is 14.2. The molecule has 0 bridgehead atoms. The van der Waals surface area contributed by atoms with Crippen LogP contribution >= 0.6 is 0 Å². The molecular weight excluding hydrogens is 792 g/mol. The summed E-state index contributed by atoms with van der Waals surface area (Å²) < 4.78 is 219. The van der Waals surface area contributed by atoms with Crippen LogP contribution in [0.3, 0.4) is 0 Å². The lowest BCUT2D eigenvalue weighted by molar-refractivity contribution is -0.145. The van der Waals surface area contributed by atoms with Crippen LogP contribution in [0.5, 0.6) is 23.5 Å². The van der Waals surface area contributed by atoms with Crippen molar-refractivity contribution in [2.45, 2.75) is 47.3 Å². The predicted molar refractivity (Wildman–Crippen MR) is 142 cm³/mol. The Labute approximate surface area is 280 Å². The number of nitrogens with zero attached hydrogens (tertiary/aromatic N) is 2. The van der Waals surface area contributed by atoms with E-state index in [1.807, 2.05) is 0 Å². The number of rotatable bonds is 6. The first kappa shape index (κ1) is 38.1. The lowest BCUT2D eigenvalue weighted by atomic mass is 9.90. The van der Waals surface area contributed by atoms with Gasteiger partial charge in [0, 0.05) is 35.1 Å². The molecule has 1 aliphatic rings. The van der Waals surface area contributed by atoms with E-state index in [9.17, 15) is 89.9 Å². The van der Waals surface area contributed by atoms with Crippen molar-refractivity contribution >= 4 is 20.2 Å². The van der Waals surface area contributed by atoms with Gasteiger partial charge in [-0.15, -0.1) is 0 Å². The summed E-state index contributed by atoms with van der Waals surface area (Å²) >= 11 is 0. The minimum Gasteiger partial charge on any atom is -0.492 e. The van der Waals surface area contributed by atoms with Gasteiger partial charge in [-0.2, -0.15) is 69.5 Å². The Morgan fingerprint density at radius 2 is 0.654 bits per heavy atom. The Morgan fingerprint density at radius 1 is 0.442 bits per heavy atom. The zero-order valence-electron chi connectivity index (χ0n) is 24.4. The van der Waals surface area contributed by atoms with Gasteiger partial charge in [-0.25, -0.2) is 0 Å². The summed E-state index contributed by atoms with van der Waals surface area (Å²) in [6.07, 6.45) is -23.9. The Bertz CT molecular complexity index is 2060. The highest BCUT2D eigenvalue weighted by Gasteiger charge is 2.42. The summed E-state index contributed by atoms with van der Waals surface area (Å²) in [5, 5.41) is 42.5. The fraction of sp³-hybridized carbons (Fsp3) is 0.231. The van der Waals surface area contributed by atoms with E-state index in [1.165, 1.54) is 0 Å². The van der Waals surface area contributed by atoms with Gasteiger partial charge in [-0.05, 0) is 36.4 Å².